The highest BCUT2D eigenvalue weighted by Crippen LogP contribution is 2.25. The number of hydrogen-bond acceptors (Lipinski definition) is 1. The van der Waals surface area contributed by atoms with E-state index in [4.69, 9.17) is 0 Å². The van der Waals surface area contributed by atoms with Gasteiger partial charge in [0, 0.05) is 22.3 Å². The maximum Gasteiger partial charge on any atom is 0.0346 e. The first-order chi connectivity index (χ1) is 5.79. The first kappa shape index (κ1) is 7.74. The topological polar surface area (TPSA) is 12.9 Å². The standard InChI is InChI=1S/C10H8BrN/c1-7-2-3-8-6-12-5-4-9(8)10(7)11/h2-6H,1H3. The summed E-state index contributed by atoms with van der Waals surface area (Å²) in [4.78, 5) is 4.06. The Kier molecular flexibility index (Phi) is 1.85. The van der Waals surface area contributed by atoms with E-state index in [0.717, 1.165) is 0 Å². The van der Waals surface area contributed by atoms with E-state index in [2.05, 4.69) is 40.0 Å². The molecule has 2 heteroatoms. The van der Waals surface area contributed by atoms with Gasteiger partial charge in [-0.1, -0.05) is 12.1 Å². The molecular formula is C10H8BrN. The Labute approximate surface area is 79.6 Å². The summed E-state index contributed by atoms with van der Waals surface area (Å²) in [6.07, 6.45) is 3.69. The molecule has 0 bridgehead atoms. The van der Waals surface area contributed by atoms with Crippen LogP contribution in [0.5, 0.6) is 0 Å². The van der Waals surface area contributed by atoms with Gasteiger partial charge in [0.2, 0.25) is 0 Å². The Hall–Kier alpha value is -0.890. The Balaban J connectivity index is 2.91. The summed E-state index contributed by atoms with van der Waals surface area (Å²) in [5.41, 5.74) is 1.26. The van der Waals surface area contributed by atoms with E-state index < -0.39 is 0 Å². The Morgan fingerprint density at radius 3 is 2.92 bits per heavy atom. The van der Waals surface area contributed by atoms with E-state index in [1.165, 1.54) is 20.8 Å². The van der Waals surface area contributed by atoms with Gasteiger partial charge >= 0.3 is 0 Å². The quantitative estimate of drug-likeness (QED) is 0.666. The zero-order chi connectivity index (χ0) is 8.55. The molecule has 0 N–H and O–H groups in total. The van der Waals surface area contributed by atoms with Gasteiger partial charge in [-0.2, -0.15) is 0 Å². The smallest absolute Gasteiger partial charge is 0.0346 e. The van der Waals surface area contributed by atoms with Crippen LogP contribution in [0.3, 0.4) is 0 Å². The van der Waals surface area contributed by atoms with Crippen LogP contribution in [0, 0.1) is 6.92 Å². The van der Waals surface area contributed by atoms with Crippen molar-refractivity contribution < 1.29 is 0 Å². The fourth-order valence-electron chi connectivity index (χ4n) is 1.24. The summed E-state index contributed by atoms with van der Waals surface area (Å²) in [6.45, 7) is 2.09. The minimum atomic E-state index is 1.17. The lowest BCUT2D eigenvalue weighted by Crippen LogP contribution is -1.80. The zero-order valence-electron chi connectivity index (χ0n) is 6.71. The van der Waals surface area contributed by atoms with Gasteiger partial charge < -0.3 is 0 Å². The molecule has 1 aromatic heterocycles. The first-order valence-corrected chi connectivity index (χ1v) is 4.57. The number of benzene rings is 1. The van der Waals surface area contributed by atoms with Gasteiger partial charge in [0.05, 0.1) is 0 Å². The monoisotopic (exact) mass is 221 g/mol. The van der Waals surface area contributed by atoms with Crippen LogP contribution in [-0.2, 0) is 0 Å². The summed E-state index contributed by atoms with van der Waals surface area (Å²) < 4.78 is 1.17. The second-order valence-electron chi connectivity index (χ2n) is 2.79. The molecule has 0 aliphatic heterocycles. The molecule has 1 nitrogen and oxygen atoms in total. The number of aromatic nitrogens is 1. The van der Waals surface area contributed by atoms with Gasteiger partial charge in [-0.15, -0.1) is 0 Å². The minimum absolute atomic E-state index is 1.17. The molecule has 0 saturated carbocycles. The average Bonchev–Trinajstić information content (AvgIpc) is 2.12. The van der Waals surface area contributed by atoms with Gasteiger partial charge in [-0.05, 0) is 39.9 Å². The number of pyridine rings is 1. The van der Waals surface area contributed by atoms with Crippen molar-refractivity contribution in [2.24, 2.45) is 0 Å². The minimum Gasteiger partial charge on any atom is -0.264 e. The molecule has 0 spiro atoms. The fraction of sp³-hybridized carbons (Fsp3) is 0.100. The molecule has 1 heterocycles. The van der Waals surface area contributed by atoms with Crippen molar-refractivity contribution in [2.45, 2.75) is 6.92 Å². The molecule has 2 rings (SSSR count). The number of aryl methyl sites for hydroxylation is 1. The van der Waals surface area contributed by atoms with Crippen LogP contribution in [0.15, 0.2) is 35.1 Å². The average molecular weight is 222 g/mol. The number of fused-ring (bicyclic) bond motifs is 1. The lowest BCUT2D eigenvalue weighted by molar-refractivity contribution is 1.35. The van der Waals surface area contributed by atoms with E-state index in [9.17, 15) is 0 Å². The van der Waals surface area contributed by atoms with Gasteiger partial charge in [-0.25, -0.2) is 0 Å². The molecule has 0 amide bonds. The number of rotatable bonds is 0. The lowest BCUT2D eigenvalue weighted by Gasteiger charge is -2.02. The van der Waals surface area contributed by atoms with Gasteiger partial charge in [-0.3, -0.25) is 4.98 Å². The van der Waals surface area contributed by atoms with Crippen molar-refractivity contribution in [1.82, 2.24) is 4.98 Å². The SMILES string of the molecule is Cc1ccc2cnccc2c1Br. The van der Waals surface area contributed by atoms with Crippen LogP contribution in [0.1, 0.15) is 5.56 Å². The summed E-state index contributed by atoms with van der Waals surface area (Å²) in [7, 11) is 0. The van der Waals surface area contributed by atoms with E-state index in [1.807, 2.05) is 18.5 Å². The molecule has 0 unspecified atom stereocenters. The highest BCUT2D eigenvalue weighted by molar-refractivity contribution is 9.10. The van der Waals surface area contributed by atoms with Crippen molar-refractivity contribution in [3.8, 4) is 0 Å². The molecule has 0 aliphatic carbocycles. The largest absolute Gasteiger partial charge is 0.264 e. The molecule has 0 radical (unpaired) electrons. The number of nitrogens with zero attached hydrogens (tertiary/aromatic N) is 1. The second kappa shape index (κ2) is 2.87. The first-order valence-electron chi connectivity index (χ1n) is 3.78. The van der Waals surface area contributed by atoms with Crippen LogP contribution in [0.25, 0.3) is 10.8 Å². The van der Waals surface area contributed by atoms with Crippen molar-refractivity contribution >= 4 is 26.7 Å². The molecule has 60 valence electrons. The van der Waals surface area contributed by atoms with E-state index in [-0.39, 0.29) is 0 Å². The van der Waals surface area contributed by atoms with Crippen LogP contribution >= 0.6 is 15.9 Å². The summed E-state index contributed by atoms with van der Waals surface area (Å²) in [5.74, 6) is 0. The molecule has 1 aromatic carbocycles. The van der Waals surface area contributed by atoms with Crippen LogP contribution < -0.4 is 0 Å². The Bertz CT molecular complexity index is 423. The van der Waals surface area contributed by atoms with E-state index >= 15 is 0 Å². The highest BCUT2D eigenvalue weighted by atomic mass is 79.9. The molecular weight excluding hydrogens is 214 g/mol. The maximum absolute atomic E-state index is 4.06. The highest BCUT2D eigenvalue weighted by Gasteiger charge is 1.99. The summed E-state index contributed by atoms with van der Waals surface area (Å²) >= 11 is 3.55. The van der Waals surface area contributed by atoms with Gasteiger partial charge in [0.25, 0.3) is 0 Å². The maximum atomic E-state index is 4.06. The third kappa shape index (κ3) is 1.12. The Morgan fingerprint density at radius 2 is 2.08 bits per heavy atom. The fourth-order valence-corrected chi connectivity index (χ4v) is 1.73. The van der Waals surface area contributed by atoms with Crippen molar-refractivity contribution in [3.63, 3.8) is 0 Å². The van der Waals surface area contributed by atoms with Crippen molar-refractivity contribution in [1.29, 1.82) is 0 Å². The third-order valence-electron chi connectivity index (χ3n) is 1.95. The molecule has 12 heavy (non-hydrogen) atoms. The molecule has 0 fully saturated rings. The number of hydrogen-bond donors (Lipinski definition) is 0. The molecule has 0 atom stereocenters. The van der Waals surface area contributed by atoms with Gasteiger partial charge in [0.1, 0.15) is 0 Å². The zero-order valence-corrected chi connectivity index (χ0v) is 8.30. The predicted octanol–water partition coefficient (Wildman–Crippen LogP) is 3.31. The van der Waals surface area contributed by atoms with Crippen LogP contribution in [0.2, 0.25) is 0 Å². The summed E-state index contributed by atoms with van der Waals surface area (Å²) in [6, 6.07) is 6.20. The van der Waals surface area contributed by atoms with Crippen LogP contribution in [0.4, 0.5) is 0 Å². The van der Waals surface area contributed by atoms with E-state index in [0.29, 0.717) is 0 Å². The second-order valence-corrected chi connectivity index (χ2v) is 3.59. The molecule has 0 aliphatic rings. The van der Waals surface area contributed by atoms with E-state index in [1.54, 1.807) is 0 Å². The molecule has 0 saturated heterocycles. The summed E-state index contributed by atoms with van der Waals surface area (Å²) in [5, 5.41) is 2.40. The Morgan fingerprint density at radius 1 is 1.25 bits per heavy atom. The van der Waals surface area contributed by atoms with Crippen LogP contribution in [-0.4, -0.2) is 4.98 Å². The lowest BCUT2D eigenvalue weighted by atomic mass is 10.1. The van der Waals surface area contributed by atoms with Gasteiger partial charge in [0.15, 0.2) is 0 Å². The molecule has 2 aromatic rings. The normalized spacial score (nSPS) is 10.5. The van der Waals surface area contributed by atoms with Crippen molar-refractivity contribution in [2.75, 3.05) is 0 Å². The third-order valence-corrected chi connectivity index (χ3v) is 3.00. The van der Waals surface area contributed by atoms with Crippen molar-refractivity contribution in [3.05, 3.63) is 40.6 Å². The number of halogens is 1. The predicted molar refractivity (Wildman–Crippen MR) is 54.2 cm³/mol.